The Kier molecular flexibility index (Phi) is 6.31. The molecular formula is C17H35N3. The summed E-state index contributed by atoms with van der Waals surface area (Å²) in [7, 11) is 2.15. The van der Waals surface area contributed by atoms with Gasteiger partial charge < -0.3 is 5.32 Å². The highest BCUT2D eigenvalue weighted by atomic mass is 15.3. The molecule has 2 fully saturated rings. The number of likely N-dealkylation sites (N-methyl/N-ethyl adjacent to an activating group) is 1. The average molecular weight is 281 g/mol. The molecule has 0 radical (unpaired) electrons. The summed E-state index contributed by atoms with van der Waals surface area (Å²) in [5, 5.41) is 3.59. The van der Waals surface area contributed by atoms with Crippen molar-refractivity contribution in [3.8, 4) is 0 Å². The molecule has 1 aliphatic heterocycles. The summed E-state index contributed by atoms with van der Waals surface area (Å²) in [6.07, 6.45) is 7.00. The van der Waals surface area contributed by atoms with Crippen LogP contribution in [-0.4, -0.2) is 61.2 Å². The smallest absolute Gasteiger partial charge is 0.0252 e. The van der Waals surface area contributed by atoms with Gasteiger partial charge in [0.15, 0.2) is 0 Å². The van der Waals surface area contributed by atoms with Gasteiger partial charge in [-0.25, -0.2) is 0 Å². The lowest BCUT2D eigenvalue weighted by Gasteiger charge is -2.46. The fraction of sp³-hybridized carbons (Fsp3) is 1.00. The lowest BCUT2D eigenvalue weighted by atomic mass is 9.79. The van der Waals surface area contributed by atoms with Crippen LogP contribution in [0, 0.1) is 5.92 Å². The summed E-state index contributed by atoms with van der Waals surface area (Å²) < 4.78 is 0. The quantitative estimate of drug-likeness (QED) is 0.835. The van der Waals surface area contributed by atoms with E-state index < -0.39 is 0 Å². The summed E-state index contributed by atoms with van der Waals surface area (Å²) in [6.45, 7) is 12.0. The van der Waals surface area contributed by atoms with Gasteiger partial charge in [-0.15, -0.1) is 0 Å². The number of hydrogen-bond donors (Lipinski definition) is 1. The van der Waals surface area contributed by atoms with Gasteiger partial charge in [-0.05, 0) is 46.1 Å². The van der Waals surface area contributed by atoms with Gasteiger partial charge in [0.05, 0.1) is 0 Å². The molecule has 20 heavy (non-hydrogen) atoms. The molecule has 0 aromatic heterocycles. The van der Waals surface area contributed by atoms with Crippen LogP contribution in [0.15, 0.2) is 0 Å². The molecule has 0 aromatic rings. The third-order valence-electron chi connectivity index (χ3n) is 5.54. The van der Waals surface area contributed by atoms with Gasteiger partial charge in [-0.1, -0.05) is 19.8 Å². The molecule has 0 amide bonds. The van der Waals surface area contributed by atoms with Crippen LogP contribution in [0.2, 0.25) is 0 Å². The highest BCUT2D eigenvalue weighted by Crippen LogP contribution is 2.31. The molecule has 2 aliphatic rings. The van der Waals surface area contributed by atoms with E-state index in [1.54, 1.807) is 0 Å². The second-order valence-electron chi connectivity index (χ2n) is 7.10. The third-order valence-corrected chi connectivity index (χ3v) is 5.54. The zero-order valence-electron chi connectivity index (χ0n) is 14.1. The fourth-order valence-corrected chi connectivity index (χ4v) is 4.23. The summed E-state index contributed by atoms with van der Waals surface area (Å²) in [5.74, 6) is 0.970. The Hall–Kier alpha value is -0.120. The molecule has 3 atom stereocenters. The van der Waals surface area contributed by atoms with Crippen molar-refractivity contribution in [1.82, 2.24) is 15.1 Å². The van der Waals surface area contributed by atoms with Gasteiger partial charge in [0.1, 0.15) is 0 Å². The van der Waals surface area contributed by atoms with E-state index in [0.717, 1.165) is 12.0 Å². The zero-order valence-corrected chi connectivity index (χ0v) is 14.1. The molecule has 3 nitrogen and oxygen atoms in total. The van der Waals surface area contributed by atoms with Crippen molar-refractivity contribution < 1.29 is 0 Å². The lowest BCUT2D eigenvalue weighted by Crippen LogP contribution is -2.58. The Balaban J connectivity index is 1.91. The normalized spacial score (nSPS) is 33.8. The van der Waals surface area contributed by atoms with Crippen LogP contribution >= 0.6 is 0 Å². The number of hydrogen-bond acceptors (Lipinski definition) is 3. The largest absolute Gasteiger partial charge is 0.315 e. The number of nitrogens with one attached hydrogen (secondary N) is 1. The first-order chi connectivity index (χ1) is 9.65. The highest BCUT2D eigenvalue weighted by Gasteiger charge is 2.34. The van der Waals surface area contributed by atoms with Crippen LogP contribution in [0.5, 0.6) is 0 Å². The van der Waals surface area contributed by atoms with E-state index in [0.29, 0.717) is 12.1 Å². The van der Waals surface area contributed by atoms with E-state index in [1.807, 2.05) is 0 Å². The van der Waals surface area contributed by atoms with Gasteiger partial charge in [0.25, 0.3) is 0 Å². The Labute approximate surface area is 126 Å². The van der Waals surface area contributed by atoms with Gasteiger partial charge in [-0.2, -0.15) is 0 Å². The van der Waals surface area contributed by atoms with E-state index in [4.69, 9.17) is 0 Å². The predicted molar refractivity (Wildman–Crippen MR) is 87.2 cm³/mol. The molecule has 1 N–H and O–H groups in total. The Morgan fingerprint density at radius 2 is 1.80 bits per heavy atom. The molecule has 1 heterocycles. The molecule has 3 unspecified atom stereocenters. The van der Waals surface area contributed by atoms with Crippen molar-refractivity contribution in [3.05, 3.63) is 0 Å². The van der Waals surface area contributed by atoms with Crippen LogP contribution in [0.3, 0.4) is 0 Å². The summed E-state index contributed by atoms with van der Waals surface area (Å²) >= 11 is 0. The van der Waals surface area contributed by atoms with Crippen molar-refractivity contribution in [1.29, 1.82) is 0 Å². The monoisotopic (exact) mass is 281 g/mol. The number of piperazine rings is 1. The van der Waals surface area contributed by atoms with E-state index in [2.05, 4.69) is 42.9 Å². The molecule has 118 valence electrons. The lowest BCUT2D eigenvalue weighted by molar-refractivity contribution is 0.0383. The molecule has 1 aliphatic carbocycles. The van der Waals surface area contributed by atoms with Crippen LogP contribution in [-0.2, 0) is 0 Å². The Morgan fingerprint density at radius 1 is 1.10 bits per heavy atom. The van der Waals surface area contributed by atoms with Gasteiger partial charge in [0, 0.05) is 44.3 Å². The first-order valence-corrected chi connectivity index (χ1v) is 8.81. The molecular weight excluding hydrogens is 246 g/mol. The fourth-order valence-electron chi connectivity index (χ4n) is 4.23. The highest BCUT2D eigenvalue weighted by molar-refractivity contribution is 4.92. The summed E-state index contributed by atoms with van der Waals surface area (Å²) in [4.78, 5) is 5.40. The maximum absolute atomic E-state index is 3.59. The van der Waals surface area contributed by atoms with E-state index in [1.165, 1.54) is 58.3 Å². The summed E-state index contributed by atoms with van der Waals surface area (Å²) in [6, 6.07) is 2.20. The molecule has 0 bridgehead atoms. The predicted octanol–water partition coefficient (Wildman–Crippen LogP) is 2.57. The SMILES string of the molecule is CCCC1CCC(NC)C(N2CCN(C(C)C)CC2)C1. The topological polar surface area (TPSA) is 18.5 Å². The average Bonchev–Trinajstić information content (AvgIpc) is 2.47. The number of rotatable bonds is 5. The second kappa shape index (κ2) is 7.77. The van der Waals surface area contributed by atoms with Crippen molar-refractivity contribution in [2.45, 2.75) is 71.0 Å². The minimum Gasteiger partial charge on any atom is -0.315 e. The zero-order chi connectivity index (χ0) is 14.5. The standard InChI is InChI=1S/C17H35N3/c1-5-6-15-7-8-16(18-4)17(13-15)20-11-9-19(10-12-20)14(2)3/h14-18H,5-13H2,1-4H3. The molecule has 2 rings (SSSR count). The van der Waals surface area contributed by atoms with E-state index in [9.17, 15) is 0 Å². The van der Waals surface area contributed by atoms with Crippen LogP contribution < -0.4 is 5.32 Å². The van der Waals surface area contributed by atoms with Crippen LogP contribution in [0.4, 0.5) is 0 Å². The molecule has 0 spiro atoms. The van der Waals surface area contributed by atoms with Crippen LogP contribution in [0.25, 0.3) is 0 Å². The molecule has 3 heteroatoms. The van der Waals surface area contributed by atoms with E-state index >= 15 is 0 Å². The van der Waals surface area contributed by atoms with Gasteiger partial charge in [-0.3, -0.25) is 9.80 Å². The minimum atomic E-state index is 0.705. The molecule has 1 saturated heterocycles. The third kappa shape index (κ3) is 3.96. The van der Waals surface area contributed by atoms with E-state index in [-0.39, 0.29) is 0 Å². The van der Waals surface area contributed by atoms with Crippen molar-refractivity contribution in [2.75, 3.05) is 33.2 Å². The summed E-state index contributed by atoms with van der Waals surface area (Å²) in [5.41, 5.74) is 0. The second-order valence-corrected chi connectivity index (χ2v) is 7.10. The minimum absolute atomic E-state index is 0.705. The van der Waals surface area contributed by atoms with Crippen LogP contribution in [0.1, 0.15) is 52.9 Å². The maximum atomic E-state index is 3.59. The molecule has 0 aromatic carbocycles. The molecule has 1 saturated carbocycles. The van der Waals surface area contributed by atoms with Crippen molar-refractivity contribution in [2.24, 2.45) is 5.92 Å². The van der Waals surface area contributed by atoms with Crippen molar-refractivity contribution in [3.63, 3.8) is 0 Å². The maximum Gasteiger partial charge on any atom is 0.0252 e. The van der Waals surface area contributed by atoms with Crippen molar-refractivity contribution >= 4 is 0 Å². The first kappa shape index (κ1) is 16.3. The Bertz CT molecular complexity index is 271. The van der Waals surface area contributed by atoms with Gasteiger partial charge in [0.2, 0.25) is 0 Å². The first-order valence-electron chi connectivity index (χ1n) is 8.81. The Morgan fingerprint density at radius 3 is 2.35 bits per heavy atom. The van der Waals surface area contributed by atoms with Gasteiger partial charge >= 0.3 is 0 Å². The number of nitrogens with zero attached hydrogens (tertiary/aromatic N) is 2.